The van der Waals surface area contributed by atoms with Gasteiger partial charge >= 0.3 is 0 Å². The maximum Gasteiger partial charge on any atom is 0.236 e. The highest BCUT2D eigenvalue weighted by atomic mass is 32.1. The maximum absolute atomic E-state index is 13.6. The number of aldehydes is 1. The number of hydrogen-bond donors (Lipinski definition) is 4. The van der Waals surface area contributed by atoms with Crippen LogP contribution < -0.4 is 21.7 Å². The van der Waals surface area contributed by atoms with E-state index in [-0.39, 0.29) is 72.5 Å². The van der Waals surface area contributed by atoms with Crippen LogP contribution in [0.3, 0.4) is 0 Å². The number of methoxy groups -OCH3 is 2. The topological polar surface area (TPSA) is 233 Å². The van der Waals surface area contributed by atoms with Crippen LogP contribution in [0.5, 0.6) is 0 Å². The average molecular weight is 1150 g/mol. The maximum atomic E-state index is 13.6. The van der Waals surface area contributed by atoms with Crippen molar-refractivity contribution in [2.75, 3.05) is 101 Å². The number of nitrogens with two attached hydrogens (primary N) is 1. The van der Waals surface area contributed by atoms with E-state index in [1.54, 1.807) is 51.4 Å². The number of unbranched alkanes of at least 4 members (excludes halogenated alkanes) is 5. The molecule has 1 fully saturated rings. The van der Waals surface area contributed by atoms with E-state index in [0.717, 1.165) is 69.1 Å². The molecule has 5 amide bonds. The lowest BCUT2D eigenvalue weighted by molar-refractivity contribution is -0.145. The molecular formula is C60H108N8O11S. The van der Waals surface area contributed by atoms with E-state index in [2.05, 4.69) is 67.7 Å². The average Bonchev–Trinajstić information content (AvgIpc) is 4.17. The first-order chi connectivity index (χ1) is 38.4. The number of aromatic nitrogens is 1. The van der Waals surface area contributed by atoms with Gasteiger partial charge < -0.3 is 64.9 Å². The lowest BCUT2D eigenvalue weighted by atomic mass is 9.90. The Bertz CT molecular complexity index is 1890. The molecule has 1 aliphatic heterocycles. The van der Waals surface area contributed by atoms with Crippen LogP contribution in [0.2, 0.25) is 0 Å². The Kier molecular flexibility index (Phi) is 45.5. The number of benzene rings is 1. The monoisotopic (exact) mass is 1150 g/mol. The molecule has 20 heteroatoms. The van der Waals surface area contributed by atoms with E-state index < -0.39 is 18.1 Å². The molecule has 0 spiro atoms. The largest absolute Gasteiger partial charge is 0.379 e. The van der Waals surface area contributed by atoms with Gasteiger partial charge in [0, 0.05) is 72.4 Å². The molecule has 7 unspecified atom stereocenters. The molecule has 0 aliphatic carbocycles. The minimum Gasteiger partial charge on any atom is -0.379 e. The van der Waals surface area contributed by atoms with Crippen molar-refractivity contribution in [3.8, 4) is 0 Å². The van der Waals surface area contributed by atoms with Gasteiger partial charge in [0.1, 0.15) is 11.3 Å². The summed E-state index contributed by atoms with van der Waals surface area (Å²) in [5, 5.41) is 11.5. The molecule has 1 aromatic carbocycles. The highest BCUT2D eigenvalue weighted by Gasteiger charge is 2.42. The Morgan fingerprint density at radius 3 is 1.96 bits per heavy atom. The first-order valence-electron chi connectivity index (χ1n) is 29.3. The third-order valence-electron chi connectivity index (χ3n) is 13.8. The molecule has 19 nitrogen and oxygen atoms in total. The summed E-state index contributed by atoms with van der Waals surface area (Å²) < 4.78 is 27.5. The van der Waals surface area contributed by atoms with Crippen LogP contribution in [0, 0.1) is 24.7 Å². The molecule has 7 atom stereocenters. The minimum atomic E-state index is -0.450. The first-order valence-corrected chi connectivity index (χ1v) is 30.2. The second-order valence-corrected chi connectivity index (χ2v) is 21.6. The highest BCUT2D eigenvalue weighted by Crippen LogP contribution is 2.29. The van der Waals surface area contributed by atoms with Gasteiger partial charge in [-0.25, -0.2) is 4.98 Å². The van der Waals surface area contributed by atoms with Crippen LogP contribution in [0.25, 0.3) is 0 Å². The summed E-state index contributed by atoms with van der Waals surface area (Å²) in [5.74, 6) is -0.352. The van der Waals surface area contributed by atoms with Crippen molar-refractivity contribution in [3.05, 3.63) is 52.5 Å². The number of nitrogens with zero attached hydrogens (tertiary/aromatic N) is 4. The molecule has 460 valence electrons. The molecule has 1 saturated heterocycles. The zero-order chi connectivity index (χ0) is 60.1. The Labute approximate surface area is 486 Å². The number of amides is 5. The van der Waals surface area contributed by atoms with E-state index in [1.165, 1.54) is 23.3 Å². The fourth-order valence-corrected chi connectivity index (χ4v) is 9.61. The third kappa shape index (κ3) is 32.9. The molecule has 0 saturated carbocycles. The van der Waals surface area contributed by atoms with Gasteiger partial charge in [-0.3, -0.25) is 24.0 Å². The number of likely N-dealkylation sites (tertiary alicyclic amines) is 1. The fraction of sp³-hybridized carbons (Fsp3) is 0.750. The standard InChI is InChI=1S/C26H45N5O5S.C24H47N3O6.C7H8.C3H8/c1-8-17(2)24(30(5)23(33)16-27-4)20(35-6)14-22(32)31-12-9-10-19(31)25(36-7)18(3)26(34)29-15-21-28-11-13-37-21;1-21(2)22(20-28)27(3)24(30)10-8-6-4-5-7-9-13-26-23(29)11-14-31-16-18-33-19-17-32-15-12-25;1-7-5-3-2-4-6-7;1-3-2/h11,13,17-20,24-25,27H,8-10,12,14-16H2,1-7H3,(H,29,34);20-22H,4-19,25H2,1-3H3,(H,26,29);2-6H,1H3;3H2,1-2H3. The van der Waals surface area contributed by atoms with Crippen LogP contribution >= 0.6 is 11.3 Å². The van der Waals surface area contributed by atoms with Crippen LogP contribution in [0.4, 0.5) is 0 Å². The third-order valence-corrected chi connectivity index (χ3v) is 14.5. The number of thiazole rings is 1. The van der Waals surface area contributed by atoms with Gasteiger partial charge in [0.15, 0.2) is 0 Å². The lowest BCUT2D eigenvalue weighted by Gasteiger charge is -2.39. The summed E-state index contributed by atoms with van der Waals surface area (Å²) in [6, 6.07) is 9.47. The molecule has 2 aromatic rings. The Morgan fingerprint density at radius 2 is 1.44 bits per heavy atom. The first kappa shape index (κ1) is 75.6. The Morgan fingerprint density at radius 1 is 0.825 bits per heavy atom. The van der Waals surface area contributed by atoms with E-state index in [4.69, 9.17) is 29.4 Å². The highest BCUT2D eigenvalue weighted by molar-refractivity contribution is 7.09. The zero-order valence-corrected chi connectivity index (χ0v) is 52.3. The van der Waals surface area contributed by atoms with E-state index in [0.29, 0.717) is 78.7 Å². The Balaban J connectivity index is 0.00000133. The van der Waals surface area contributed by atoms with Gasteiger partial charge in [-0.15, -0.1) is 11.3 Å². The van der Waals surface area contributed by atoms with Crippen molar-refractivity contribution in [1.82, 2.24) is 35.6 Å². The smallest absolute Gasteiger partial charge is 0.236 e. The summed E-state index contributed by atoms with van der Waals surface area (Å²) in [4.78, 5) is 83.6. The van der Waals surface area contributed by atoms with Crippen LogP contribution in [-0.4, -0.2) is 187 Å². The van der Waals surface area contributed by atoms with Crippen molar-refractivity contribution in [2.24, 2.45) is 23.5 Å². The van der Waals surface area contributed by atoms with E-state index in [1.807, 2.05) is 49.3 Å². The van der Waals surface area contributed by atoms with Crippen molar-refractivity contribution in [1.29, 1.82) is 0 Å². The SMILES string of the molecule is CC(C)C(C=O)N(C)C(=O)CCCCCCCCNC(=O)CCOCCOCCOCCN.CCC.CCC(C)C(C(CC(=O)N1CCCC1C(OC)C(C)C(=O)NCc1nccs1)OC)N(C)C(=O)CNC.Cc1ccccc1. The van der Waals surface area contributed by atoms with E-state index >= 15 is 0 Å². The van der Waals surface area contributed by atoms with Crippen LogP contribution in [0.15, 0.2) is 41.9 Å². The van der Waals surface area contributed by atoms with Crippen molar-refractivity contribution in [2.45, 2.75) is 176 Å². The van der Waals surface area contributed by atoms with Crippen molar-refractivity contribution >= 4 is 47.2 Å². The summed E-state index contributed by atoms with van der Waals surface area (Å²) in [6.45, 7) is 21.5. The molecule has 0 radical (unpaired) electrons. The molecule has 5 N–H and O–H groups in total. The van der Waals surface area contributed by atoms with Gasteiger partial charge in [-0.1, -0.05) is 123 Å². The number of nitrogens with one attached hydrogen (secondary N) is 3. The molecule has 80 heavy (non-hydrogen) atoms. The number of hydrogen-bond acceptors (Lipinski definition) is 15. The van der Waals surface area contributed by atoms with Crippen molar-refractivity contribution in [3.63, 3.8) is 0 Å². The predicted octanol–water partition coefficient (Wildman–Crippen LogP) is 7.22. The van der Waals surface area contributed by atoms with Crippen LogP contribution in [-0.2, 0) is 59.0 Å². The number of aryl methyl sites for hydroxylation is 1. The fourth-order valence-electron chi connectivity index (χ4n) is 9.05. The second-order valence-electron chi connectivity index (χ2n) is 20.7. The second kappa shape index (κ2) is 48.2. The number of carbonyl (C=O) groups excluding carboxylic acids is 6. The lowest BCUT2D eigenvalue weighted by Crippen LogP contribution is -2.54. The molecule has 1 aliphatic rings. The normalized spacial score (nSPS) is 15.0. The predicted molar refractivity (Wildman–Crippen MR) is 320 cm³/mol. The van der Waals surface area contributed by atoms with Gasteiger partial charge in [0.05, 0.1) is 95.4 Å². The summed E-state index contributed by atoms with van der Waals surface area (Å²) in [7, 11) is 8.41. The van der Waals surface area contributed by atoms with E-state index in [9.17, 15) is 28.8 Å². The van der Waals surface area contributed by atoms with Crippen LogP contribution in [0.1, 0.15) is 143 Å². The summed E-state index contributed by atoms with van der Waals surface area (Å²) in [5.41, 5.74) is 6.63. The minimum absolute atomic E-state index is 0.00348. The number of ether oxygens (including phenoxy) is 5. The van der Waals surface area contributed by atoms with Gasteiger partial charge in [-0.05, 0) is 51.5 Å². The number of rotatable bonds is 38. The molecule has 0 bridgehead atoms. The quantitative estimate of drug-likeness (QED) is 0.0384. The number of likely N-dealkylation sites (N-methyl/N-ethyl adjacent to an activating group) is 3. The number of carbonyl (C=O) groups is 6. The van der Waals surface area contributed by atoms with Gasteiger partial charge in [0.2, 0.25) is 29.5 Å². The van der Waals surface area contributed by atoms with Gasteiger partial charge in [0.25, 0.3) is 0 Å². The Hall–Kier alpha value is -4.41. The van der Waals surface area contributed by atoms with Gasteiger partial charge in [-0.2, -0.15) is 0 Å². The molecule has 3 rings (SSSR count). The van der Waals surface area contributed by atoms with Crippen molar-refractivity contribution < 1.29 is 52.5 Å². The molecule has 1 aromatic heterocycles. The molecular weight excluding hydrogens is 1040 g/mol. The zero-order valence-electron chi connectivity index (χ0n) is 51.5. The summed E-state index contributed by atoms with van der Waals surface area (Å²) in [6.07, 6.45) is 12.4. The molecule has 2 heterocycles. The summed E-state index contributed by atoms with van der Waals surface area (Å²) >= 11 is 1.49.